The average molecular weight is 354 g/mol. The van der Waals surface area contributed by atoms with Crippen LogP contribution >= 0.6 is 11.6 Å². The van der Waals surface area contributed by atoms with Gasteiger partial charge in [-0.15, -0.1) is 0 Å². The zero-order valence-electron chi connectivity index (χ0n) is 14.4. The molecule has 1 aliphatic carbocycles. The molecule has 4 rings (SSSR count). The Kier molecular flexibility index (Phi) is 4.25. The van der Waals surface area contributed by atoms with E-state index in [2.05, 4.69) is 35.0 Å². The van der Waals surface area contributed by atoms with Crippen LogP contribution in [0.25, 0.3) is 11.2 Å². The van der Waals surface area contributed by atoms with Crippen LogP contribution in [0.15, 0.2) is 30.6 Å². The lowest BCUT2D eigenvalue weighted by atomic mass is 10.0. The Morgan fingerprint density at radius 3 is 2.92 bits per heavy atom. The van der Waals surface area contributed by atoms with Crippen molar-refractivity contribution in [3.63, 3.8) is 0 Å². The highest BCUT2D eigenvalue weighted by Gasteiger charge is 2.18. The second-order valence-corrected chi connectivity index (χ2v) is 7.21. The van der Waals surface area contributed by atoms with Crippen molar-refractivity contribution in [1.29, 1.82) is 0 Å². The van der Waals surface area contributed by atoms with E-state index in [1.54, 1.807) is 10.7 Å². The minimum atomic E-state index is 0.509. The highest BCUT2D eigenvalue weighted by molar-refractivity contribution is 6.29. The molecule has 5 nitrogen and oxygen atoms in total. The van der Waals surface area contributed by atoms with E-state index in [-0.39, 0.29) is 0 Å². The number of aromatic nitrogens is 5. The molecule has 0 radical (unpaired) electrons. The maximum atomic E-state index is 6.18. The third-order valence-electron chi connectivity index (χ3n) is 4.36. The predicted molar refractivity (Wildman–Crippen MR) is 98.6 cm³/mol. The van der Waals surface area contributed by atoms with Crippen molar-refractivity contribution in [3.05, 3.63) is 58.5 Å². The molecule has 3 aromatic rings. The molecule has 0 saturated heterocycles. The van der Waals surface area contributed by atoms with Crippen molar-refractivity contribution in [2.45, 2.75) is 39.5 Å². The number of hydrogen-bond acceptors (Lipinski definition) is 4. The third-order valence-corrected chi connectivity index (χ3v) is 4.62. The molecule has 0 fully saturated rings. The summed E-state index contributed by atoms with van der Waals surface area (Å²) in [7, 11) is 0. The molecule has 25 heavy (non-hydrogen) atoms. The molecule has 0 amide bonds. The molecule has 0 bridgehead atoms. The van der Waals surface area contributed by atoms with Crippen molar-refractivity contribution in [3.8, 4) is 0 Å². The molecule has 0 unspecified atom stereocenters. The van der Waals surface area contributed by atoms with Gasteiger partial charge in [0.25, 0.3) is 0 Å². The summed E-state index contributed by atoms with van der Waals surface area (Å²) in [5.41, 5.74) is 4.89. The van der Waals surface area contributed by atoms with E-state index in [1.165, 1.54) is 0 Å². The topological polar surface area (TPSA) is 56.0 Å². The van der Waals surface area contributed by atoms with Gasteiger partial charge in [-0.3, -0.25) is 0 Å². The largest absolute Gasteiger partial charge is 0.241 e. The van der Waals surface area contributed by atoms with E-state index in [1.807, 2.05) is 18.3 Å². The van der Waals surface area contributed by atoms with E-state index in [0.29, 0.717) is 11.1 Å². The van der Waals surface area contributed by atoms with Gasteiger partial charge in [0, 0.05) is 23.8 Å². The SMILES string of the molecule is CC(C)Cc1ncc2c(n1)CCCC=C2c1ccc2ncc(Cl)n2n1. The van der Waals surface area contributed by atoms with Gasteiger partial charge < -0.3 is 0 Å². The lowest BCUT2D eigenvalue weighted by molar-refractivity contribution is 0.616. The van der Waals surface area contributed by atoms with Crippen LogP contribution in [-0.4, -0.2) is 24.6 Å². The quantitative estimate of drug-likeness (QED) is 0.710. The second kappa shape index (κ2) is 6.56. The summed E-state index contributed by atoms with van der Waals surface area (Å²) in [5.74, 6) is 1.47. The van der Waals surface area contributed by atoms with E-state index < -0.39 is 0 Å². The summed E-state index contributed by atoms with van der Waals surface area (Å²) < 4.78 is 1.66. The van der Waals surface area contributed by atoms with E-state index >= 15 is 0 Å². The molecule has 0 saturated carbocycles. The van der Waals surface area contributed by atoms with Crippen LogP contribution in [-0.2, 0) is 12.8 Å². The van der Waals surface area contributed by atoms with Crippen molar-refractivity contribution in [1.82, 2.24) is 24.6 Å². The van der Waals surface area contributed by atoms with Crippen LogP contribution in [0.5, 0.6) is 0 Å². The van der Waals surface area contributed by atoms with Crippen molar-refractivity contribution in [2.75, 3.05) is 0 Å². The second-order valence-electron chi connectivity index (χ2n) is 6.82. The lowest BCUT2D eigenvalue weighted by Crippen LogP contribution is -2.07. The molecular weight excluding hydrogens is 334 g/mol. The molecule has 0 aromatic carbocycles. The van der Waals surface area contributed by atoms with E-state index in [4.69, 9.17) is 16.6 Å². The molecule has 1 aliphatic rings. The first-order chi connectivity index (χ1) is 12.1. The Morgan fingerprint density at radius 1 is 1.20 bits per heavy atom. The number of aryl methyl sites for hydroxylation is 1. The fraction of sp³-hybridized carbons (Fsp3) is 0.368. The van der Waals surface area contributed by atoms with Gasteiger partial charge in [-0.05, 0) is 37.3 Å². The highest BCUT2D eigenvalue weighted by atomic mass is 35.5. The summed E-state index contributed by atoms with van der Waals surface area (Å²) in [6, 6.07) is 3.93. The lowest BCUT2D eigenvalue weighted by Gasteiger charge is -2.12. The number of nitrogens with zero attached hydrogens (tertiary/aromatic N) is 5. The first-order valence-corrected chi connectivity index (χ1v) is 9.05. The van der Waals surface area contributed by atoms with Gasteiger partial charge in [0.05, 0.1) is 17.6 Å². The molecule has 0 N–H and O–H groups in total. The number of allylic oxidation sites excluding steroid dienone is 1. The fourth-order valence-electron chi connectivity index (χ4n) is 3.19. The van der Waals surface area contributed by atoms with Crippen LogP contribution < -0.4 is 0 Å². The van der Waals surface area contributed by atoms with Crippen molar-refractivity contribution < 1.29 is 0 Å². The zero-order valence-corrected chi connectivity index (χ0v) is 15.2. The van der Waals surface area contributed by atoms with Crippen LogP contribution in [0, 0.1) is 5.92 Å². The Balaban J connectivity index is 1.79. The van der Waals surface area contributed by atoms with Gasteiger partial charge in [0.1, 0.15) is 5.82 Å². The fourth-order valence-corrected chi connectivity index (χ4v) is 3.37. The van der Waals surface area contributed by atoms with Gasteiger partial charge in [0.2, 0.25) is 0 Å². The van der Waals surface area contributed by atoms with Crippen molar-refractivity contribution in [2.24, 2.45) is 5.92 Å². The molecule has 128 valence electrons. The number of halogens is 1. The monoisotopic (exact) mass is 353 g/mol. The van der Waals surface area contributed by atoms with Crippen LogP contribution in [0.1, 0.15) is 49.5 Å². The average Bonchev–Trinajstić information content (AvgIpc) is 2.83. The van der Waals surface area contributed by atoms with Gasteiger partial charge in [0.15, 0.2) is 10.8 Å². The number of fused-ring (bicyclic) bond motifs is 2. The summed E-state index contributed by atoms with van der Waals surface area (Å²) in [4.78, 5) is 13.7. The normalized spacial score (nSPS) is 14.5. The molecular formula is C19H20ClN5. The Morgan fingerprint density at radius 2 is 2.08 bits per heavy atom. The smallest absolute Gasteiger partial charge is 0.155 e. The summed E-state index contributed by atoms with van der Waals surface area (Å²) in [6.45, 7) is 4.38. The molecule has 0 atom stereocenters. The maximum absolute atomic E-state index is 6.18. The third kappa shape index (κ3) is 3.16. The number of imidazole rings is 1. The molecule has 3 aromatic heterocycles. The Labute approximate surface area is 151 Å². The molecule has 0 aliphatic heterocycles. The predicted octanol–water partition coefficient (Wildman–Crippen LogP) is 4.14. The summed E-state index contributed by atoms with van der Waals surface area (Å²) >= 11 is 6.18. The Hall–Kier alpha value is -2.27. The summed E-state index contributed by atoms with van der Waals surface area (Å²) in [6.07, 6.45) is 9.77. The first kappa shape index (κ1) is 16.2. The molecule has 0 spiro atoms. The van der Waals surface area contributed by atoms with Crippen molar-refractivity contribution >= 4 is 22.8 Å². The molecule has 6 heteroatoms. The maximum Gasteiger partial charge on any atom is 0.155 e. The standard InChI is InChI=1S/C19H20ClN5/c1-12(2)9-18-21-10-14-13(5-3-4-6-15(14)23-18)16-7-8-19-22-11-17(20)25(19)24-16/h5,7-8,10-12H,3-4,6,9H2,1-2H3. The van der Waals surface area contributed by atoms with Crippen LogP contribution in [0.4, 0.5) is 0 Å². The van der Waals surface area contributed by atoms with Crippen LogP contribution in [0.3, 0.4) is 0 Å². The molecule has 3 heterocycles. The summed E-state index contributed by atoms with van der Waals surface area (Å²) in [5, 5.41) is 5.18. The number of rotatable bonds is 3. The zero-order chi connectivity index (χ0) is 17.4. The number of hydrogen-bond donors (Lipinski definition) is 0. The first-order valence-electron chi connectivity index (χ1n) is 8.68. The highest BCUT2D eigenvalue weighted by Crippen LogP contribution is 2.29. The minimum Gasteiger partial charge on any atom is -0.241 e. The van der Waals surface area contributed by atoms with E-state index in [9.17, 15) is 0 Å². The van der Waals surface area contributed by atoms with Gasteiger partial charge in [-0.2, -0.15) is 5.10 Å². The minimum absolute atomic E-state index is 0.509. The van der Waals surface area contributed by atoms with Gasteiger partial charge in [-0.25, -0.2) is 19.5 Å². The Bertz CT molecular complexity index is 958. The van der Waals surface area contributed by atoms with E-state index in [0.717, 1.165) is 59.7 Å². The van der Waals surface area contributed by atoms with Gasteiger partial charge in [-0.1, -0.05) is 31.5 Å². The van der Waals surface area contributed by atoms with Gasteiger partial charge >= 0.3 is 0 Å². The van der Waals surface area contributed by atoms with Crippen LogP contribution in [0.2, 0.25) is 5.15 Å².